The van der Waals surface area contributed by atoms with Crippen LogP contribution < -0.4 is 5.32 Å². The Kier molecular flexibility index (Phi) is 5.15. The lowest BCUT2D eigenvalue weighted by molar-refractivity contribution is -0.114. The molecule has 0 unspecified atom stereocenters. The minimum Gasteiger partial charge on any atom is -0.326 e. The zero-order valence-corrected chi connectivity index (χ0v) is 9.47. The molecule has 5 heteroatoms. The maximum absolute atomic E-state index is 10.8. The molecule has 0 aliphatic heterocycles. The van der Waals surface area contributed by atoms with Crippen LogP contribution in [0.1, 0.15) is 18.9 Å². The monoisotopic (exact) mass is 228 g/mol. The first-order valence-corrected chi connectivity index (χ1v) is 5.10. The molecule has 1 rings (SSSR count). The number of amides is 1. The maximum Gasteiger partial charge on any atom is 0.221 e. The molecule has 0 saturated heterocycles. The molecule has 1 N–H and O–H groups in total. The molecule has 0 fully saturated rings. The van der Waals surface area contributed by atoms with E-state index in [9.17, 15) is 4.79 Å². The zero-order valence-electron chi connectivity index (χ0n) is 9.47. The number of benzene rings is 1. The highest BCUT2D eigenvalue weighted by atomic mass is 16.1. The summed E-state index contributed by atoms with van der Waals surface area (Å²) in [7, 11) is 0. The van der Waals surface area contributed by atoms with E-state index in [2.05, 4.69) is 27.2 Å². The first-order chi connectivity index (χ1) is 8.22. The number of nitrogens with zero attached hydrogens (tertiary/aromatic N) is 3. The average Bonchev–Trinajstić information content (AvgIpc) is 2.30. The van der Waals surface area contributed by atoms with Gasteiger partial charge >= 0.3 is 0 Å². The number of hydrogen-bond donors (Lipinski definition) is 1. The summed E-state index contributed by atoms with van der Waals surface area (Å²) in [6, 6.07) is 7.23. The van der Waals surface area contributed by atoms with Crippen molar-refractivity contribution in [1.29, 1.82) is 0 Å². The van der Waals surface area contributed by atoms with Crippen LogP contribution in [0, 0.1) is 11.8 Å². The van der Waals surface area contributed by atoms with Crippen LogP contribution in [0.5, 0.6) is 0 Å². The Morgan fingerprint density at radius 3 is 2.76 bits per heavy atom. The summed E-state index contributed by atoms with van der Waals surface area (Å²) < 4.78 is 0. The first kappa shape index (κ1) is 12.6. The second kappa shape index (κ2) is 6.94. The first-order valence-electron chi connectivity index (χ1n) is 5.10. The van der Waals surface area contributed by atoms with Gasteiger partial charge in [-0.2, -0.15) is 0 Å². The molecule has 0 radical (unpaired) electrons. The maximum atomic E-state index is 10.8. The molecule has 0 saturated carbocycles. The molecule has 5 nitrogen and oxygen atoms in total. The Labute approximate surface area is 99.5 Å². The standard InChI is InChI=1S/C12H12N4O/c1-10(17)15-12-7-5-11(6-8-12)4-2-3-9-14-16-13/h5-8H,3,9H2,1H3,(H,15,17). The summed E-state index contributed by atoms with van der Waals surface area (Å²) in [6.45, 7) is 1.84. The Morgan fingerprint density at radius 2 is 2.18 bits per heavy atom. The van der Waals surface area contributed by atoms with Gasteiger partial charge in [0.2, 0.25) is 5.91 Å². The van der Waals surface area contributed by atoms with Gasteiger partial charge in [-0.25, -0.2) is 0 Å². The molecule has 0 spiro atoms. The summed E-state index contributed by atoms with van der Waals surface area (Å²) in [6.07, 6.45) is 0.539. The molecule has 1 amide bonds. The number of carbonyl (C=O) groups is 1. The molecular formula is C12H12N4O. The highest BCUT2D eigenvalue weighted by Gasteiger charge is 1.93. The lowest BCUT2D eigenvalue weighted by atomic mass is 10.2. The molecule has 0 aliphatic rings. The Balaban J connectivity index is 2.55. The largest absolute Gasteiger partial charge is 0.326 e. The van der Waals surface area contributed by atoms with Crippen molar-refractivity contribution in [3.8, 4) is 11.8 Å². The van der Waals surface area contributed by atoms with Crippen molar-refractivity contribution >= 4 is 11.6 Å². The molecule has 0 aromatic heterocycles. The summed E-state index contributed by atoms with van der Waals surface area (Å²) in [5.74, 6) is 5.73. The molecule has 86 valence electrons. The minimum atomic E-state index is -0.0989. The zero-order chi connectivity index (χ0) is 12.5. The van der Waals surface area contributed by atoms with E-state index in [0.29, 0.717) is 13.0 Å². The van der Waals surface area contributed by atoms with Crippen LogP contribution in [0.25, 0.3) is 10.4 Å². The van der Waals surface area contributed by atoms with Gasteiger partial charge in [-0.15, -0.1) is 0 Å². The Hall–Kier alpha value is -2.44. The number of azide groups is 1. The van der Waals surface area contributed by atoms with Crippen LogP contribution in [0.4, 0.5) is 5.69 Å². The van der Waals surface area contributed by atoms with Gasteiger partial charge in [-0.3, -0.25) is 4.79 Å². The number of rotatable bonds is 3. The van der Waals surface area contributed by atoms with Crippen LogP contribution in [-0.2, 0) is 4.79 Å². The van der Waals surface area contributed by atoms with Gasteiger partial charge in [0.15, 0.2) is 0 Å². The average molecular weight is 228 g/mol. The molecule has 17 heavy (non-hydrogen) atoms. The quantitative estimate of drug-likeness (QED) is 0.279. The summed E-state index contributed by atoms with van der Waals surface area (Å²) in [5, 5.41) is 6.05. The van der Waals surface area contributed by atoms with Crippen LogP contribution in [0.2, 0.25) is 0 Å². The van der Waals surface area contributed by atoms with Crippen molar-refractivity contribution in [3.05, 3.63) is 40.3 Å². The lowest BCUT2D eigenvalue weighted by Gasteiger charge is -2.00. The SMILES string of the molecule is CC(=O)Nc1ccc(C#CCCN=[N+]=[N-])cc1. The molecule has 0 atom stereocenters. The van der Waals surface area contributed by atoms with Crippen molar-refractivity contribution < 1.29 is 4.79 Å². The van der Waals surface area contributed by atoms with E-state index < -0.39 is 0 Å². The van der Waals surface area contributed by atoms with Crippen molar-refractivity contribution in [2.75, 3.05) is 11.9 Å². The normalized spacial score (nSPS) is 8.53. The number of nitrogens with one attached hydrogen (secondary N) is 1. The molecule has 0 bridgehead atoms. The fourth-order valence-corrected chi connectivity index (χ4v) is 1.16. The predicted molar refractivity (Wildman–Crippen MR) is 66.3 cm³/mol. The third kappa shape index (κ3) is 5.26. The highest BCUT2D eigenvalue weighted by Crippen LogP contribution is 2.08. The smallest absolute Gasteiger partial charge is 0.221 e. The molecule has 0 heterocycles. The van der Waals surface area contributed by atoms with Crippen LogP contribution in [-0.4, -0.2) is 12.5 Å². The molecule has 0 aliphatic carbocycles. The summed E-state index contributed by atoms with van der Waals surface area (Å²) in [5.41, 5.74) is 9.67. The van der Waals surface area contributed by atoms with Crippen LogP contribution in [0.15, 0.2) is 29.4 Å². The van der Waals surface area contributed by atoms with Gasteiger partial charge in [0.05, 0.1) is 0 Å². The van der Waals surface area contributed by atoms with Crippen LogP contribution >= 0.6 is 0 Å². The third-order valence-electron chi connectivity index (χ3n) is 1.84. The molecular weight excluding hydrogens is 216 g/mol. The summed E-state index contributed by atoms with van der Waals surface area (Å²) >= 11 is 0. The number of anilines is 1. The van der Waals surface area contributed by atoms with E-state index in [1.807, 2.05) is 12.1 Å². The Bertz CT molecular complexity index is 489. The molecule has 1 aromatic carbocycles. The van der Waals surface area contributed by atoms with Crippen molar-refractivity contribution in [2.45, 2.75) is 13.3 Å². The summed E-state index contributed by atoms with van der Waals surface area (Å²) in [4.78, 5) is 13.4. The van der Waals surface area contributed by atoms with E-state index in [4.69, 9.17) is 5.53 Å². The second-order valence-corrected chi connectivity index (χ2v) is 3.26. The number of carbonyl (C=O) groups excluding carboxylic acids is 1. The fourth-order valence-electron chi connectivity index (χ4n) is 1.16. The van der Waals surface area contributed by atoms with Crippen molar-refractivity contribution in [1.82, 2.24) is 0 Å². The van der Waals surface area contributed by atoms with E-state index in [1.165, 1.54) is 6.92 Å². The Morgan fingerprint density at radius 1 is 1.47 bits per heavy atom. The lowest BCUT2D eigenvalue weighted by Crippen LogP contribution is -2.05. The van der Waals surface area contributed by atoms with Gasteiger partial charge in [-0.1, -0.05) is 17.0 Å². The minimum absolute atomic E-state index is 0.0989. The number of hydrogen-bond acceptors (Lipinski definition) is 2. The highest BCUT2D eigenvalue weighted by molar-refractivity contribution is 5.88. The van der Waals surface area contributed by atoms with Crippen molar-refractivity contribution in [3.63, 3.8) is 0 Å². The predicted octanol–water partition coefficient (Wildman–Crippen LogP) is 2.70. The van der Waals surface area contributed by atoms with Gasteiger partial charge in [0, 0.05) is 36.1 Å². The van der Waals surface area contributed by atoms with Crippen LogP contribution in [0.3, 0.4) is 0 Å². The van der Waals surface area contributed by atoms with Gasteiger partial charge in [0.1, 0.15) is 0 Å². The van der Waals surface area contributed by atoms with Gasteiger partial charge < -0.3 is 5.32 Å². The van der Waals surface area contributed by atoms with E-state index >= 15 is 0 Å². The van der Waals surface area contributed by atoms with Gasteiger partial charge in [0.25, 0.3) is 0 Å². The van der Waals surface area contributed by atoms with E-state index in [-0.39, 0.29) is 5.91 Å². The topological polar surface area (TPSA) is 77.9 Å². The van der Waals surface area contributed by atoms with E-state index in [1.54, 1.807) is 12.1 Å². The fraction of sp³-hybridized carbons (Fsp3) is 0.250. The second-order valence-electron chi connectivity index (χ2n) is 3.26. The molecule has 1 aromatic rings. The third-order valence-corrected chi connectivity index (χ3v) is 1.84. The van der Waals surface area contributed by atoms with Crippen molar-refractivity contribution in [2.24, 2.45) is 5.11 Å². The van der Waals surface area contributed by atoms with Gasteiger partial charge in [-0.05, 0) is 29.8 Å². The van der Waals surface area contributed by atoms with E-state index in [0.717, 1.165) is 11.3 Å².